The van der Waals surface area contributed by atoms with E-state index in [1.807, 2.05) is 13.8 Å². The normalized spacial score (nSPS) is 12.0. The predicted molar refractivity (Wildman–Crippen MR) is 82.1 cm³/mol. The van der Waals surface area contributed by atoms with E-state index >= 15 is 0 Å². The highest BCUT2D eigenvalue weighted by atomic mass is 32.1. The molecular weight excluding hydrogens is 291 g/mol. The molecule has 0 fully saturated rings. The number of hydrogen-bond donors (Lipinski definition) is 1. The number of ether oxygens (including phenoxy) is 1. The number of thiazole rings is 1. The Bertz CT molecular complexity index is 642. The van der Waals surface area contributed by atoms with E-state index in [9.17, 15) is 9.18 Å². The monoisotopic (exact) mass is 308 g/mol. The van der Waals surface area contributed by atoms with Crippen LogP contribution in [0.25, 0.3) is 11.3 Å². The Morgan fingerprint density at radius 2 is 2.29 bits per heavy atom. The van der Waals surface area contributed by atoms with Crippen molar-refractivity contribution in [2.75, 3.05) is 12.4 Å². The molecule has 1 aromatic carbocycles. The van der Waals surface area contributed by atoms with E-state index in [4.69, 9.17) is 4.74 Å². The summed E-state index contributed by atoms with van der Waals surface area (Å²) in [4.78, 5) is 16.1. The summed E-state index contributed by atoms with van der Waals surface area (Å²) >= 11 is 1.32. The number of aromatic nitrogens is 1. The summed E-state index contributed by atoms with van der Waals surface area (Å²) in [5, 5.41) is 5.08. The first kappa shape index (κ1) is 15.4. The molecule has 0 aliphatic carbocycles. The summed E-state index contributed by atoms with van der Waals surface area (Å²) in [7, 11) is 1.42. The standard InChI is InChI=1S/C15H17FN2O2S/c1-4-9(2)14(19)18-15-17-12(8-21-15)10-5-6-13(20-3)11(16)7-10/h5-9H,4H2,1-3H3,(H,17,18,19)/t9-/m1/s1. The van der Waals surface area contributed by atoms with Gasteiger partial charge in [0.2, 0.25) is 5.91 Å². The molecule has 21 heavy (non-hydrogen) atoms. The first-order valence-corrected chi connectivity index (χ1v) is 7.53. The molecule has 0 spiro atoms. The second-order valence-corrected chi connectivity index (χ2v) is 5.54. The molecule has 6 heteroatoms. The van der Waals surface area contributed by atoms with Crippen LogP contribution in [0.1, 0.15) is 20.3 Å². The lowest BCUT2D eigenvalue weighted by atomic mass is 10.1. The van der Waals surface area contributed by atoms with Gasteiger partial charge in [-0.2, -0.15) is 0 Å². The van der Waals surface area contributed by atoms with Crippen LogP contribution in [0.4, 0.5) is 9.52 Å². The van der Waals surface area contributed by atoms with Gasteiger partial charge in [-0.25, -0.2) is 9.37 Å². The largest absolute Gasteiger partial charge is 0.494 e. The smallest absolute Gasteiger partial charge is 0.228 e. The number of halogens is 1. The van der Waals surface area contributed by atoms with Gasteiger partial charge in [0, 0.05) is 16.9 Å². The minimum absolute atomic E-state index is 0.0562. The minimum atomic E-state index is -0.437. The molecule has 1 N–H and O–H groups in total. The van der Waals surface area contributed by atoms with Crippen molar-refractivity contribution in [1.82, 2.24) is 4.98 Å². The van der Waals surface area contributed by atoms with Crippen molar-refractivity contribution in [2.45, 2.75) is 20.3 Å². The van der Waals surface area contributed by atoms with Gasteiger partial charge in [-0.15, -0.1) is 11.3 Å². The quantitative estimate of drug-likeness (QED) is 0.910. The highest BCUT2D eigenvalue weighted by molar-refractivity contribution is 7.14. The molecular formula is C15H17FN2O2S. The molecule has 0 aliphatic heterocycles. The third kappa shape index (κ3) is 3.58. The molecule has 2 aromatic rings. The Balaban J connectivity index is 2.16. The lowest BCUT2D eigenvalue weighted by Crippen LogP contribution is -2.19. The number of methoxy groups -OCH3 is 1. The van der Waals surface area contributed by atoms with Crippen molar-refractivity contribution in [3.63, 3.8) is 0 Å². The Kier molecular flexibility index (Phi) is 4.90. The zero-order chi connectivity index (χ0) is 15.4. The van der Waals surface area contributed by atoms with E-state index in [2.05, 4.69) is 10.3 Å². The van der Waals surface area contributed by atoms with Crippen LogP contribution in [0.5, 0.6) is 5.75 Å². The molecule has 1 heterocycles. The number of nitrogens with zero attached hydrogens (tertiary/aromatic N) is 1. The minimum Gasteiger partial charge on any atom is -0.494 e. The number of carbonyl (C=O) groups excluding carboxylic acids is 1. The fourth-order valence-electron chi connectivity index (χ4n) is 1.70. The van der Waals surface area contributed by atoms with Crippen molar-refractivity contribution in [3.05, 3.63) is 29.4 Å². The third-order valence-corrected chi connectivity index (χ3v) is 4.00. The van der Waals surface area contributed by atoms with Gasteiger partial charge in [0.15, 0.2) is 16.7 Å². The average molecular weight is 308 g/mol. The molecule has 112 valence electrons. The number of carbonyl (C=O) groups is 1. The first-order valence-electron chi connectivity index (χ1n) is 6.65. The molecule has 1 aromatic heterocycles. The Morgan fingerprint density at radius 3 is 2.90 bits per heavy atom. The van der Waals surface area contributed by atoms with Gasteiger partial charge in [-0.1, -0.05) is 13.8 Å². The van der Waals surface area contributed by atoms with E-state index in [0.717, 1.165) is 6.42 Å². The molecule has 0 saturated carbocycles. The third-order valence-electron chi connectivity index (χ3n) is 3.24. The second-order valence-electron chi connectivity index (χ2n) is 4.69. The number of rotatable bonds is 5. The average Bonchev–Trinajstić information content (AvgIpc) is 2.94. The molecule has 0 aliphatic rings. The van der Waals surface area contributed by atoms with Crippen LogP contribution in [-0.2, 0) is 4.79 Å². The molecule has 4 nitrogen and oxygen atoms in total. The van der Waals surface area contributed by atoms with Crippen molar-refractivity contribution in [1.29, 1.82) is 0 Å². The van der Waals surface area contributed by atoms with Gasteiger partial charge in [-0.3, -0.25) is 4.79 Å². The SMILES string of the molecule is CC[C@@H](C)C(=O)Nc1nc(-c2ccc(OC)c(F)c2)cs1. The van der Waals surface area contributed by atoms with Gasteiger partial charge >= 0.3 is 0 Å². The van der Waals surface area contributed by atoms with E-state index in [0.29, 0.717) is 16.4 Å². The topological polar surface area (TPSA) is 51.2 Å². The summed E-state index contributed by atoms with van der Waals surface area (Å²) in [6.45, 7) is 3.82. The maximum absolute atomic E-state index is 13.7. The summed E-state index contributed by atoms with van der Waals surface area (Å²) in [5.41, 5.74) is 1.27. The van der Waals surface area contributed by atoms with Gasteiger partial charge < -0.3 is 10.1 Å². The molecule has 1 amide bonds. The number of benzene rings is 1. The van der Waals surface area contributed by atoms with Gasteiger partial charge in [-0.05, 0) is 24.6 Å². The van der Waals surface area contributed by atoms with Crippen LogP contribution in [-0.4, -0.2) is 18.0 Å². The fraction of sp³-hybridized carbons (Fsp3) is 0.333. The van der Waals surface area contributed by atoms with Crippen LogP contribution >= 0.6 is 11.3 Å². The molecule has 0 saturated heterocycles. The number of nitrogens with one attached hydrogen (secondary N) is 1. The van der Waals surface area contributed by atoms with Crippen LogP contribution in [0, 0.1) is 11.7 Å². The lowest BCUT2D eigenvalue weighted by Gasteiger charge is -2.06. The van der Waals surface area contributed by atoms with Crippen LogP contribution in [0.2, 0.25) is 0 Å². The first-order chi connectivity index (χ1) is 10.0. The van der Waals surface area contributed by atoms with Crippen molar-refractivity contribution >= 4 is 22.4 Å². The fourth-order valence-corrected chi connectivity index (χ4v) is 2.43. The highest BCUT2D eigenvalue weighted by Gasteiger charge is 2.13. The molecule has 0 unspecified atom stereocenters. The van der Waals surface area contributed by atoms with Gasteiger partial charge in [0.05, 0.1) is 12.8 Å². The van der Waals surface area contributed by atoms with Crippen molar-refractivity contribution in [3.8, 4) is 17.0 Å². The van der Waals surface area contributed by atoms with E-state index in [-0.39, 0.29) is 17.6 Å². The van der Waals surface area contributed by atoms with Crippen LogP contribution in [0.3, 0.4) is 0 Å². The second kappa shape index (κ2) is 6.67. The summed E-state index contributed by atoms with van der Waals surface area (Å²) in [5.74, 6) is -0.359. The summed E-state index contributed by atoms with van der Waals surface area (Å²) in [6, 6.07) is 4.66. The van der Waals surface area contributed by atoms with Gasteiger partial charge in [0.1, 0.15) is 0 Å². The molecule has 0 radical (unpaired) electrons. The van der Waals surface area contributed by atoms with Gasteiger partial charge in [0.25, 0.3) is 0 Å². The Morgan fingerprint density at radius 1 is 1.52 bits per heavy atom. The number of anilines is 1. The van der Waals surface area contributed by atoms with E-state index in [1.165, 1.54) is 24.5 Å². The maximum atomic E-state index is 13.7. The highest BCUT2D eigenvalue weighted by Crippen LogP contribution is 2.28. The zero-order valence-corrected chi connectivity index (χ0v) is 13.0. The summed E-state index contributed by atoms with van der Waals surface area (Å²) in [6.07, 6.45) is 0.772. The predicted octanol–water partition coefficient (Wildman–Crippen LogP) is 3.94. The van der Waals surface area contributed by atoms with E-state index < -0.39 is 5.82 Å². The van der Waals surface area contributed by atoms with Crippen LogP contribution in [0.15, 0.2) is 23.6 Å². The number of hydrogen-bond acceptors (Lipinski definition) is 4. The van der Waals surface area contributed by atoms with E-state index in [1.54, 1.807) is 17.5 Å². The van der Waals surface area contributed by atoms with Crippen molar-refractivity contribution < 1.29 is 13.9 Å². The Hall–Kier alpha value is -1.95. The molecule has 1 atom stereocenters. The number of amides is 1. The van der Waals surface area contributed by atoms with Crippen LogP contribution < -0.4 is 10.1 Å². The van der Waals surface area contributed by atoms with Crippen molar-refractivity contribution in [2.24, 2.45) is 5.92 Å². The molecule has 0 bridgehead atoms. The zero-order valence-electron chi connectivity index (χ0n) is 12.1. The lowest BCUT2D eigenvalue weighted by molar-refractivity contribution is -0.119. The molecule has 2 rings (SSSR count). The maximum Gasteiger partial charge on any atom is 0.228 e. The summed E-state index contributed by atoms with van der Waals surface area (Å²) < 4.78 is 18.6. The Labute approximate surface area is 127 Å².